The number of amides is 1. The second-order valence-corrected chi connectivity index (χ2v) is 7.17. The summed E-state index contributed by atoms with van der Waals surface area (Å²) in [6, 6.07) is 9.76. The maximum absolute atomic E-state index is 13.2. The summed E-state index contributed by atoms with van der Waals surface area (Å²) in [6.07, 6.45) is 4.98. The van der Waals surface area contributed by atoms with Gasteiger partial charge in [0.2, 0.25) is 0 Å². The summed E-state index contributed by atoms with van der Waals surface area (Å²) in [5.41, 5.74) is 4.28. The van der Waals surface area contributed by atoms with Crippen molar-refractivity contribution in [3.05, 3.63) is 88.2 Å². The Morgan fingerprint density at radius 1 is 1.31 bits per heavy atom. The molecule has 2 aromatic heterocycles. The topological polar surface area (TPSA) is 59.8 Å². The first-order chi connectivity index (χ1) is 13.9. The molecule has 0 aliphatic heterocycles. The van der Waals surface area contributed by atoms with Gasteiger partial charge < -0.3 is 5.32 Å². The normalized spacial score (nSPS) is 11.4. The Morgan fingerprint density at radius 3 is 2.66 bits per heavy atom. The number of carbonyl (C=O) groups excluding carboxylic acids is 1. The lowest BCUT2D eigenvalue weighted by Crippen LogP contribution is -2.24. The first kappa shape index (κ1) is 20.7. The van der Waals surface area contributed by atoms with E-state index in [4.69, 9.17) is 0 Å². The van der Waals surface area contributed by atoms with Crippen LogP contribution < -0.4 is 5.32 Å². The van der Waals surface area contributed by atoms with Gasteiger partial charge >= 0.3 is 0 Å². The second-order valence-electron chi connectivity index (χ2n) is 6.36. The van der Waals surface area contributed by atoms with Crippen molar-refractivity contribution >= 4 is 33.5 Å². The highest BCUT2D eigenvalue weighted by molar-refractivity contribution is 9.10. The van der Waals surface area contributed by atoms with E-state index in [-0.39, 0.29) is 11.7 Å². The van der Waals surface area contributed by atoms with Crippen LogP contribution in [0, 0.1) is 12.7 Å². The van der Waals surface area contributed by atoms with Crippen molar-refractivity contribution in [1.82, 2.24) is 20.1 Å². The number of pyridine rings is 1. The zero-order valence-electron chi connectivity index (χ0n) is 16.1. The molecule has 0 spiro atoms. The van der Waals surface area contributed by atoms with Gasteiger partial charge in [-0.1, -0.05) is 12.7 Å². The van der Waals surface area contributed by atoms with Crippen molar-refractivity contribution < 1.29 is 9.18 Å². The van der Waals surface area contributed by atoms with Gasteiger partial charge in [0.05, 0.1) is 17.6 Å². The second kappa shape index (κ2) is 8.96. The maximum Gasteiger partial charge on any atom is 0.251 e. The lowest BCUT2D eigenvalue weighted by molar-refractivity contribution is -0.115. The minimum Gasteiger partial charge on any atom is -0.348 e. The number of rotatable bonds is 6. The van der Waals surface area contributed by atoms with Crippen LogP contribution in [0.15, 0.2) is 59.9 Å². The fourth-order valence-corrected chi connectivity index (χ4v) is 3.61. The lowest BCUT2D eigenvalue weighted by atomic mass is 10.1. The molecule has 0 saturated carbocycles. The summed E-state index contributed by atoms with van der Waals surface area (Å²) in [5.74, 6) is -0.548. The van der Waals surface area contributed by atoms with E-state index in [9.17, 15) is 9.18 Å². The molecule has 3 aromatic rings. The molecular weight excluding hydrogens is 435 g/mol. The van der Waals surface area contributed by atoms with Crippen molar-refractivity contribution in [3.8, 4) is 5.69 Å². The van der Waals surface area contributed by atoms with Crippen LogP contribution in [0.2, 0.25) is 0 Å². The Balaban J connectivity index is 1.85. The van der Waals surface area contributed by atoms with Crippen molar-refractivity contribution in [2.45, 2.75) is 20.4 Å². The summed E-state index contributed by atoms with van der Waals surface area (Å²) in [5, 5.41) is 7.30. The van der Waals surface area contributed by atoms with E-state index in [2.05, 4.69) is 37.9 Å². The van der Waals surface area contributed by atoms with Gasteiger partial charge in [0.15, 0.2) is 0 Å². The minimum atomic E-state index is -0.326. The summed E-state index contributed by atoms with van der Waals surface area (Å²) >= 11 is 3.37. The zero-order valence-corrected chi connectivity index (χ0v) is 17.7. The van der Waals surface area contributed by atoms with Crippen LogP contribution in [0.25, 0.3) is 17.3 Å². The monoisotopic (exact) mass is 454 g/mol. The Bertz CT molecular complexity index is 1070. The van der Waals surface area contributed by atoms with Crippen LogP contribution in [0.4, 0.5) is 4.39 Å². The average molecular weight is 455 g/mol. The van der Waals surface area contributed by atoms with E-state index in [0.29, 0.717) is 29.1 Å². The zero-order chi connectivity index (χ0) is 21.0. The Labute approximate surface area is 177 Å². The Hall–Kier alpha value is -3.06. The quantitative estimate of drug-likeness (QED) is 0.428. The van der Waals surface area contributed by atoms with Crippen molar-refractivity contribution in [2.24, 2.45) is 0 Å². The van der Waals surface area contributed by atoms with Crippen LogP contribution >= 0.6 is 15.9 Å². The van der Waals surface area contributed by atoms with Crippen LogP contribution in [0.3, 0.4) is 0 Å². The van der Waals surface area contributed by atoms with E-state index < -0.39 is 0 Å². The molecule has 0 unspecified atom stereocenters. The van der Waals surface area contributed by atoms with Gasteiger partial charge in [-0.15, -0.1) is 0 Å². The van der Waals surface area contributed by atoms with Gasteiger partial charge in [-0.05, 0) is 77.8 Å². The highest BCUT2D eigenvalue weighted by atomic mass is 79.9. The molecule has 0 saturated heterocycles. The fourth-order valence-electron chi connectivity index (χ4n) is 3.03. The fraction of sp³-hybridized carbons (Fsp3) is 0.136. The Kier molecular flexibility index (Phi) is 6.39. The molecule has 1 N–H and O–H groups in total. The molecule has 7 heteroatoms. The molecule has 5 nitrogen and oxygen atoms in total. The molecule has 29 heavy (non-hydrogen) atoms. The van der Waals surface area contributed by atoms with E-state index in [0.717, 1.165) is 15.9 Å². The van der Waals surface area contributed by atoms with Gasteiger partial charge in [-0.3, -0.25) is 4.79 Å². The van der Waals surface area contributed by atoms with Crippen LogP contribution in [0.1, 0.15) is 29.4 Å². The molecule has 0 bridgehead atoms. The predicted molar refractivity (Wildman–Crippen MR) is 116 cm³/mol. The molecule has 0 aliphatic rings. The van der Waals surface area contributed by atoms with Crippen LogP contribution in [-0.4, -0.2) is 20.7 Å². The first-order valence-electron chi connectivity index (χ1n) is 8.97. The average Bonchev–Trinajstić information content (AvgIpc) is 3.10. The largest absolute Gasteiger partial charge is 0.348 e. The van der Waals surface area contributed by atoms with Crippen LogP contribution in [-0.2, 0) is 11.3 Å². The van der Waals surface area contributed by atoms with E-state index >= 15 is 0 Å². The van der Waals surface area contributed by atoms with Crippen molar-refractivity contribution in [2.75, 3.05) is 0 Å². The number of nitrogens with zero attached hydrogens (tertiary/aromatic N) is 3. The smallest absolute Gasteiger partial charge is 0.251 e. The number of allylic oxidation sites excluding steroid dienone is 1. The summed E-state index contributed by atoms with van der Waals surface area (Å²) in [6.45, 7) is 7.91. The number of hydrogen-bond acceptors (Lipinski definition) is 3. The molecule has 1 amide bonds. The number of benzene rings is 1. The SMILES string of the molecule is C=Cc1c(/C(=C\C)C(=O)NCc2cc(C)nc(Br)c2)cnn1-c1ccc(F)cc1. The molecule has 0 atom stereocenters. The predicted octanol–water partition coefficient (Wildman–Crippen LogP) is 4.84. The number of aryl methyl sites for hydroxylation is 1. The van der Waals surface area contributed by atoms with Gasteiger partial charge in [-0.2, -0.15) is 5.10 Å². The van der Waals surface area contributed by atoms with Gasteiger partial charge in [0.25, 0.3) is 5.91 Å². The van der Waals surface area contributed by atoms with Gasteiger partial charge in [0.1, 0.15) is 10.4 Å². The molecule has 0 aliphatic carbocycles. The van der Waals surface area contributed by atoms with Crippen molar-refractivity contribution in [1.29, 1.82) is 0 Å². The number of carbonyl (C=O) groups is 1. The highest BCUT2D eigenvalue weighted by Crippen LogP contribution is 2.24. The summed E-state index contributed by atoms with van der Waals surface area (Å²) < 4.78 is 15.6. The summed E-state index contributed by atoms with van der Waals surface area (Å²) in [4.78, 5) is 17.1. The standard InChI is InChI=1S/C22H20BrFN4O/c1-4-18(22(29)25-12-15-10-14(3)27-21(23)11-15)19-13-26-28(20(19)5-2)17-8-6-16(24)7-9-17/h4-11,13H,2,12H2,1,3H3,(H,25,29)/b18-4+. The molecule has 3 rings (SSSR count). The third-order valence-corrected chi connectivity index (χ3v) is 4.74. The maximum atomic E-state index is 13.2. The van der Waals surface area contributed by atoms with Crippen LogP contribution in [0.5, 0.6) is 0 Å². The highest BCUT2D eigenvalue weighted by Gasteiger charge is 2.18. The number of hydrogen-bond donors (Lipinski definition) is 1. The third kappa shape index (κ3) is 4.68. The molecule has 2 heterocycles. The Morgan fingerprint density at radius 2 is 2.03 bits per heavy atom. The lowest BCUT2D eigenvalue weighted by Gasteiger charge is -2.10. The third-order valence-electron chi connectivity index (χ3n) is 4.33. The molecule has 1 aromatic carbocycles. The molecule has 0 radical (unpaired) electrons. The minimum absolute atomic E-state index is 0.222. The molecule has 0 fully saturated rings. The molecule has 148 valence electrons. The van der Waals surface area contributed by atoms with E-state index in [1.165, 1.54) is 12.1 Å². The van der Waals surface area contributed by atoms with E-state index in [1.54, 1.807) is 42.1 Å². The van der Waals surface area contributed by atoms with E-state index in [1.807, 2.05) is 19.1 Å². The van der Waals surface area contributed by atoms with Gasteiger partial charge in [0, 0.05) is 23.4 Å². The number of nitrogens with one attached hydrogen (secondary N) is 1. The van der Waals surface area contributed by atoms with Crippen molar-refractivity contribution in [3.63, 3.8) is 0 Å². The van der Waals surface area contributed by atoms with Gasteiger partial charge in [-0.25, -0.2) is 14.1 Å². The summed E-state index contributed by atoms with van der Waals surface area (Å²) in [7, 11) is 0. The number of aromatic nitrogens is 3. The number of halogens is 2. The first-order valence-corrected chi connectivity index (χ1v) is 9.76. The molecular formula is C22H20BrFN4O.